The molecule has 0 aliphatic carbocycles. The van der Waals surface area contributed by atoms with Gasteiger partial charge in [-0.1, -0.05) is 36.4 Å². The van der Waals surface area contributed by atoms with Crippen molar-refractivity contribution in [1.29, 1.82) is 0 Å². The molecule has 0 unspecified atom stereocenters. The first-order valence-corrected chi connectivity index (χ1v) is 6.56. The number of para-hydroxylation sites is 1. The second-order valence-electron chi connectivity index (χ2n) is 5.16. The summed E-state index contributed by atoms with van der Waals surface area (Å²) in [6.45, 7) is 4.33. The minimum Gasteiger partial charge on any atom is -0.456 e. The summed E-state index contributed by atoms with van der Waals surface area (Å²) in [4.78, 5) is 0. The predicted octanol–water partition coefficient (Wildman–Crippen LogP) is 5.23. The molecule has 0 fully saturated rings. The third-order valence-corrected chi connectivity index (χ3v) is 3.94. The predicted molar refractivity (Wildman–Crippen MR) is 78.9 cm³/mol. The van der Waals surface area contributed by atoms with E-state index in [2.05, 4.69) is 50.2 Å². The van der Waals surface area contributed by atoms with Crippen LogP contribution < -0.4 is 4.74 Å². The zero-order chi connectivity index (χ0) is 13.0. The third kappa shape index (κ3) is 1.36. The van der Waals surface area contributed by atoms with Gasteiger partial charge in [-0.15, -0.1) is 0 Å². The summed E-state index contributed by atoms with van der Waals surface area (Å²) < 4.78 is 6.06. The molecule has 1 nitrogen and oxygen atoms in total. The third-order valence-electron chi connectivity index (χ3n) is 3.94. The molecule has 1 aliphatic heterocycles. The SMILES string of the molecule is Cc1ccc2c3c(ccc(C)c13)-c1ccccc1O2. The molecule has 0 atom stereocenters. The van der Waals surface area contributed by atoms with Crippen molar-refractivity contribution in [2.75, 3.05) is 0 Å². The van der Waals surface area contributed by atoms with Crippen LogP contribution in [0.1, 0.15) is 11.1 Å². The van der Waals surface area contributed by atoms with Gasteiger partial charge in [0.2, 0.25) is 0 Å². The van der Waals surface area contributed by atoms with Crippen molar-refractivity contribution in [2.45, 2.75) is 13.8 Å². The van der Waals surface area contributed by atoms with Crippen LogP contribution >= 0.6 is 0 Å². The summed E-state index contributed by atoms with van der Waals surface area (Å²) in [5.41, 5.74) is 5.08. The number of rotatable bonds is 0. The summed E-state index contributed by atoms with van der Waals surface area (Å²) in [7, 11) is 0. The van der Waals surface area contributed by atoms with Crippen LogP contribution in [0.3, 0.4) is 0 Å². The van der Waals surface area contributed by atoms with Crippen LogP contribution in [-0.2, 0) is 0 Å². The summed E-state index contributed by atoms with van der Waals surface area (Å²) >= 11 is 0. The van der Waals surface area contributed by atoms with Gasteiger partial charge in [-0.2, -0.15) is 0 Å². The summed E-state index contributed by atoms with van der Waals surface area (Å²) in [6.07, 6.45) is 0. The number of hydrogen-bond donors (Lipinski definition) is 0. The van der Waals surface area contributed by atoms with Crippen LogP contribution in [0.15, 0.2) is 48.5 Å². The smallest absolute Gasteiger partial charge is 0.135 e. The monoisotopic (exact) mass is 246 g/mol. The second-order valence-corrected chi connectivity index (χ2v) is 5.16. The molecule has 0 aromatic heterocycles. The van der Waals surface area contributed by atoms with E-state index in [4.69, 9.17) is 4.74 Å². The fraction of sp³-hybridized carbons (Fsp3) is 0.111. The molecule has 0 saturated carbocycles. The van der Waals surface area contributed by atoms with E-state index >= 15 is 0 Å². The Morgan fingerprint density at radius 3 is 2.21 bits per heavy atom. The molecular weight excluding hydrogens is 232 g/mol. The lowest BCUT2D eigenvalue weighted by Gasteiger charge is -2.22. The summed E-state index contributed by atoms with van der Waals surface area (Å²) in [5, 5.41) is 2.57. The first-order valence-electron chi connectivity index (χ1n) is 6.56. The Labute approximate surface area is 112 Å². The second kappa shape index (κ2) is 3.61. The van der Waals surface area contributed by atoms with Gasteiger partial charge in [-0.05, 0) is 48.1 Å². The van der Waals surface area contributed by atoms with Gasteiger partial charge < -0.3 is 4.74 Å². The summed E-state index contributed by atoms with van der Waals surface area (Å²) in [5.74, 6) is 1.92. The van der Waals surface area contributed by atoms with E-state index < -0.39 is 0 Å². The molecule has 0 N–H and O–H groups in total. The maximum Gasteiger partial charge on any atom is 0.135 e. The molecule has 0 amide bonds. The van der Waals surface area contributed by atoms with E-state index in [-0.39, 0.29) is 0 Å². The highest BCUT2D eigenvalue weighted by atomic mass is 16.5. The molecule has 0 saturated heterocycles. The molecule has 0 radical (unpaired) electrons. The molecule has 3 aromatic rings. The Morgan fingerprint density at radius 1 is 0.632 bits per heavy atom. The number of benzene rings is 3. The lowest BCUT2D eigenvalue weighted by atomic mass is 9.90. The van der Waals surface area contributed by atoms with Crippen LogP contribution in [0, 0.1) is 13.8 Å². The maximum atomic E-state index is 6.06. The van der Waals surface area contributed by atoms with Crippen LogP contribution in [0.5, 0.6) is 11.5 Å². The summed E-state index contributed by atoms with van der Waals surface area (Å²) in [6, 6.07) is 16.9. The number of hydrogen-bond acceptors (Lipinski definition) is 1. The van der Waals surface area contributed by atoms with Gasteiger partial charge in [-0.3, -0.25) is 0 Å². The Kier molecular flexibility index (Phi) is 2.02. The van der Waals surface area contributed by atoms with Crippen molar-refractivity contribution in [3.8, 4) is 22.6 Å². The first kappa shape index (κ1) is 10.6. The van der Waals surface area contributed by atoms with E-state index in [1.807, 2.05) is 12.1 Å². The quantitative estimate of drug-likeness (QED) is 0.413. The molecule has 0 bridgehead atoms. The molecular formula is C18H14O. The highest BCUT2D eigenvalue weighted by molar-refractivity contribution is 6.06. The van der Waals surface area contributed by atoms with Crippen LogP contribution in [0.4, 0.5) is 0 Å². The van der Waals surface area contributed by atoms with Gasteiger partial charge in [0.1, 0.15) is 11.5 Å². The van der Waals surface area contributed by atoms with Crippen molar-refractivity contribution in [3.05, 3.63) is 59.7 Å². The number of ether oxygens (including phenoxy) is 1. The minimum absolute atomic E-state index is 0.948. The van der Waals surface area contributed by atoms with E-state index in [0.717, 1.165) is 11.5 Å². The lowest BCUT2D eigenvalue weighted by molar-refractivity contribution is 0.487. The van der Waals surface area contributed by atoms with Crippen LogP contribution in [0.2, 0.25) is 0 Å². The van der Waals surface area contributed by atoms with Gasteiger partial charge in [0.15, 0.2) is 0 Å². The van der Waals surface area contributed by atoms with Crippen molar-refractivity contribution >= 4 is 10.8 Å². The Balaban J connectivity index is 2.23. The van der Waals surface area contributed by atoms with Crippen LogP contribution in [-0.4, -0.2) is 0 Å². The van der Waals surface area contributed by atoms with Crippen molar-refractivity contribution in [1.82, 2.24) is 0 Å². The van der Waals surface area contributed by atoms with E-state index in [9.17, 15) is 0 Å². The van der Waals surface area contributed by atoms with E-state index in [1.165, 1.54) is 33.0 Å². The lowest BCUT2D eigenvalue weighted by Crippen LogP contribution is -1.98. The van der Waals surface area contributed by atoms with Crippen molar-refractivity contribution in [2.24, 2.45) is 0 Å². The maximum absolute atomic E-state index is 6.06. The number of aryl methyl sites for hydroxylation is 2. The van der Waals surface area contributed by atoms with Crippen LogP contribution in [0.25, 0.3) is 21.9 Å². The highest BCUT2D eigenvalue weighted by Gasteiger charge is 2.20. The molecule has 1 aliphatic rings. The number of fused-ring (bicyclic) bond motifs is 2. The first-order chi connectivity index (χ1) is 9.25. The van der Waals surface area contributed by atoms with Crippen molar-refractivity contribution < 1.29 is 4.74 Å². The van der Waals surface area contributed by atoms with Gasteiger partial charge in [0, 0.05) is 10.9 Å². The molecule has 92 valence electrons. The molecule has 3 aromatic carbocycles. The van der Waals surface area contributed by atoms with Gasteiger partial charge in [-0.25, -0.2) is 0 Å². The fourth-order valence-corrected chi connectivity index (χ4v) is 3.04. The minimum atomic E-state index is 0.948. The average Bonchev–Trinajstić information content (AvgIpc) is 2.43. The van der Waals surface area contributed by atoms with Gasteiger partial charge in [0.25, 0.3) is 0 Å². The molecule has 0 spiro atoms. The van der Waals surface area contributed by atoms with Gasteiger partial charge >= 0.3 is 0 Å². The highest BCUT2D eigenvalue weighted by Crippen LogP contribution is 2.47. The molecule has 1 heteroatoms. The van der Waals surface area contributed by atoms with E-state index in [1.54, 1.807) is 0 Å². The Hall–Kier alpha value is -2.28. The standard InChI is InChI=1S/C18H14O/c1-11-7-9-14-13-5-3-4-6-15(13)19-16-10-8-12(2)17(11)18(14)16/h3-10H,1-2H3. The zero-order valence-electron chi connectivity index (χ0n) is 11.0. The molecule has 19 heavy (non-hydrogen) atoms. The largest absolute Gasteiger partial charge is 0.456 e. The topological polar surface area (TPSA) is 9.23 Å². The normalized spacial score (nSPS) is 12.1. The fourth-order valence-electron chi connectivity index (χ4n) is 3.04. The average molecular weight is 246 g/mol. The molecule has 1 heterocycles. The Morgan fingerprint density at radius 2 is 1.37 bits per heavy atom. The molecule has 4 rings (SSSR count). The Bertz CT molecular complexity index is 807. The van der Waals surface area contributed by atoms with Gasteiger partial charge in [0.05, 0.1) is 0 Å². The zero-order valence-corrected chi connectivity index (χ0v) is 11.0. The van der Waals surface area contributed by atoms with Crippen molar-refractivity contribution in [3.63, 3.8) is 0 Å². The van der Waals surface area contributed by atoms with E-state index in [0.29, 0.717) is 0 Å².